The molecule has 0 spiro atoms. The van der Waals surface area contributed by atoms with Gasteiger partial charge in [0.25, 0.3) is 0 Å². The first-order valence-corrected chi connectivity index (χ1v) is 12.4. The van der Waals surface area contributed by atoms with Crippen LogP contribution in [-0.2, 0) is 30.7 Å². The van der Waals surface area contributed by atoms with Crippen molar-refractivity contribution in [2.45, 2.75) is 22.7 Å². The van der Waals surface area contributed by atoms with Gasteiger partial charge >= 0.3 is 0 Å². The monoisotopic (exact) mass is 504 g/mol. The molecule has 3 aliphatic carbocycles. The Balaban J connectivity index is 1.31. The second-order valence-corrected chi connectivity index (χ2v) is 10.5. The van der Waals surface area contributed by atoms with Crippen LogP contribution in [0.3, 0.4) is 0 Å². The van der Waals surface area contributed by atoms with Crippen molar-refractivity contribution in [1.29, 1.82) is 0 Å². The number of hydrogen-bond acceptors (Lipinski definition) is 3. The number of rotatable bonds is 5. The summed E-state index contributed by atoms with van der Waals surface area (Å²) in [6, 6.07) is 24.6. The summed E-state index contributed by atoms with van der Waals surface area (Å²) in [5, 5.41) is 2.85. The number of carbonyl (C=O) groups is 3. The van der Waals surface area contributed by atoms with Gasteiger partial charge in [0.05, 0.1) is 11.8 Å². The molecule has 0 aromatic heterocycles. The van der Waals surface area contributed by atoms with Crippen molar-refractivity contribution in [3.63, 3.8) is 0 Å². The molecule has 0 saturated carbocycles. The van der Waals surface area contributed by atoms with Gasteiger partial charge < -0.3 is 5.32 Å². The topological polar surface area (TPSA) is 66.5 Å². The lowest BCUT2D eigenvalue weighted by atomic mass is 9.54. The van der Waals surface area contributed by atoms with Crippen molar-refractivity contribution in [2.24, 2.45) is 11.8 Å². The van der Waals surface area contributed by atoms with Crippen LogP contribution in [-0.4, -0.2) is 29.2 Å². The average molecular weight is 505 g/mol. The first-order chi connectivity index (χ1) is 16.9. The van der Waals surface area contributed by atoms with Gasteiger partial charge in [-0.25, -0.2) is 0 Å². The van der Waals surface area contributed by atoms with E-state index in [-0.39, 0.29) is 30.7 Å². The maximum atomic E-state index is 13.7. The molecule has 2 bridgehead atoms. The quantitative estimate of drug-likeness (QED) is 0.416. The van der Waals surface area contributed by atoms with Crippen molar-refractivity contribution in [3.05, 3.63) is 107 Å². The number of carbonyl (C=O) groups excluding carboxylic acids is 3. The Kier molecular flexibility index (Phi) is 5.06. The first-order valence-electron chi connectivity index (χ1n) is 11.6. The van der Waals surface area contributed by atoms with E-state index >= 15 is 0 Å². The maximum absolute atomic E-state index is 13.7. The molecule has 4 aliphatic rings. The first kappa shape index (κ1) is 22.3. The average Bonchev–Trinajstić information content (AvgIpc) is 3.15. The predicted octanol–water partition coefficient (Wildman–Crippen LogP) is 4.29. The van der Waals surface area contributed by atoms with Gasteiger partial charge in [0, 0.05) is 19.5 Å². The smallest absolute Gasteiger partial charge is 0.235 e. The molecular weight excluding hydrogens is 483 g/mol. The summed E-state index contributed by atoms with van der Waals surface area (Å²) >= 11 is 14.8. The molecule has 1 aliphatic heterocycles. The normalized spacial score (nSPS) is 27.9. The van der Waals surface area contributed by atoms with Crippen LogP contribution in [0, 0.1) is 11.8 Å². The summed E-state index contributed by atoms with van der Waals surface area (Å²) in [5.74, 6) is -2.67. The Morgan fingerprint density at radius 3 is 1.63 bits per heavy atom. The zero-order valence-electron chi connectivity index (χ0n) is 18.7. The molecule has 7 heteroatoms. The van der Waals surface area contributed by atoms with E-state index < -0.39 is 21.6 Å². The second-order valence-electron chi connectivity index (χ2n) is 9.31. The van der Waals surface area contributed by atoms with Gasteiger partial charge in [0.2, 0.25) is 17.7 Å². The highest BCUT2D eigenvalue weighted by Crippen LogP contribution is 2.69. The molecule has 1 N–H and O–H groups in total. The van der Waals surface area contributed by atoms with Gasteiger partial charge in [0.15, 0.2) is 0 Å². The molecule has 1 saturated heterocycles. The Morgan fingerprint density at radius 1 is 0.743 bits per heavy atom. The van der Waals surface area contributed by atoms with Crippen LogP contribution in [0.1, 0.15) is 34.2 Å². The fourth-order valence-corrected chi connectivity index (χ4v) is 7.14. The Morgan fingerprint density at radius 2 is 1.17 bits per heavy atom. The van der Waals surface area contributed by atoms with Crippen LogP contribution in [0.4, 0.5) is 0 Å². The van der Waals surface area contributed by atoms with Gasteiger partial charge in [0.1, 0.15) is 9.75 Å². The van der Waals surface area contributed by atoms with Crippen LogP contribution in [0.15, 0.2) is 78.9 Å². The van der Waals surface area contributed by atoms with E-state index in [1.165, 1.54) is 4.90 Å². The van der Waals surface area contributed by atoms with Crippen LogP contribution in [0.25, 0.3) is 0 Å². The molecule has 7 rings (SSSR count). The number of imide groups is 1. The van der Waals surface area contributed by atoms with E-state index in [1.54, 1.807) is 0 Å². The fourth-order valence-electron chi connectivity index (χ4n) is 6.04. The number of benzene rings is 3. The van der Waals surface area contributed by atoms with Crippen molar-refractivity contribution in [1.82, 2.24) is 10.2 Å². The third-order valence-electron chi connectivity index (χ3n) is 7.57. The van der Waals surface area contributed by atoms with E-state index in [0.717, 1.165) is 27.8 Å². The number of likely N-dealkylation sites (tertiary alicyclic amines) is 1. The molecule has 176 valence electrons. The van der Waals surface area contributed by atoms with Crippen LogP contribution in [0.2, 0.25) is 0 Å². The zero-order valence-corrected chi connectivity index (χ0v) is 20.2. The van der Waals surface area contributed by atoms with Crippen LogP contribution >= 0.6 is 23.2 Å². The second kappa shape index (κ2) is 7.94. The highest BCUT2D eigenvalue weighted by atomic mass is 35.5. The molecule has 2 atom stereocenters. The van der Waals surface area contributed by atoms with Crippen molar-refractivity contribution in [3.8, 4) is 0 Å². The molecule has 1 fully saturated rings. The third-order valence-corrected chi connectivity index (χ3v) is 8.86. The van der Waals surface area contributed by atoms with Gasteiger partial charge in [-0.05, 0) is 27.8 Å². The molecule has 5 nitrogen and oxygen atoms in total. The highest BCUT2D eigenvalue weighted by Gasteiger charge is 2.72. The number of hydrogen-bond donors (Lipinski definition) is 1. The summed E-state index contributed by atoms with van der Waals surface area (Å²) in [6.45, 7) is 0.366. The Hall–Kier alpha value is -3.15. The summed E-state index contributed by atoms with van der Waals surface area (Å²) in [7, 11) is 0. The molecule has 3 aromatic carbocycles. The minimum absolute atomic E-state index is 0.00816. The van der Waals surface area contributed by atoms with Gasteiger partial charge in [-0.3, -0.25) is 19.3 Å². The standard InChI is InChI=1S/C28H22Cl2N2O3/c29-27-18-10-4-5-11-19(18)28(30,21-13-7-6-12-20(21)27)24-23(27)25(34)32(26(24)35)15-14-22(33)31-16-17-8-2-1-3-9-17/h1-13,23-24H,14-16H2,(H,31,33)/t23-,24-,27?,28?/m1/s1. The molecular formula is C28H22Cl2N2O3. The SMILES string of the molecule is O=C(CCN1C(=O)[C@H]2[C@H](C1=O)C1(Cl)c3ccccc3C2(Cl)c2ccccc21)NCc1ccccc1. The lowest BCUT2D eigenvalue weighted by molar-refractivity contribution is -0.140. The molecule has 3 amide bonds. The number of halogens is 2. The van der Waals surface area contributed by atoms with E-state index in [4.69, 9.17) is 23.2 Å². The van der Waals surface area contributed by atoms with Gasteiger partial charge in [-0.2, -0.15) is 0 Å². The molecule has 3 aromatic rings. The Labute approximate surface area is 213 Å². The minimum atomic E-state index is -1.20. The lowest BCUT2D eigenvalue weighted by Gasteiger charge is -2.54. The number of alkyl halides is 2. The summed E-state index contributed by atoms with van der Waals surface area (Å²) in [5.41, 5.74) is 4.03. The van der Waals surface area contributed by atoms with Crippen molar-refractivity contribution < 1.29 is 14.4 Å². The van der Waals surface area contributed by atoms with E-state index in [1.807, 2.05) is 78.9 Å². The summed E-state index contributed by atoms with van der Waals surface area (Å²) in [6.07, 6.45) is 0.00816. The summed E-state index contributed by atoms with van der Waals surface area (Å²) in [4.78, 5) is 38.7. The number of amides is 3. The van der Waals surface area contributed by atoms with E-state index in [0.29, 0.717) is 6.54 Å². The summed E-state index contributed by atoms with van der Waals surface area (Å²) < 4.78 is 0. The largest absolute Gasteiger partial charge is 0.352 e. The molecule has 0 unspecified atom stereocenters. The number of nitrogens with zero attached hydrogens (tertiary/aromatic N) is 1. The van der Waals surface area contributed by atoms with Gasteiger partial charge in [-0.15, -0.1) is 23.2 Å². The predicted molar refractivity (Wildman–Crippen MR) is 133 cm³/mol. The van der Waals surface area contributed by atoms with E-state index in [9.17, 15) is 14.4 Å². The maximum Gasteiger partial charge on any atom is 0.235 e. The molecule has 35 heavy (non-hydrogen) atoms. The fraction of sp³-hybridized carbons (Fsp3) is 0.250. The van der Waals surface area contributed by atoms with Crippen molar-refractivity contribution >= 4 is 40.9 Å². The minimum Gasteiger partial charge on any atom is -0.352 e. The third kappa shape index (κ3) is 2.98. The van der Waals surface area contributed by atoms with Crippen LogP contribution in [0.5, 0.6) is 0 Å². The Bertz CT molecular complexity index is 1250. The van der Waals surface area contributed by atoms with Crippen LogP contribution < -0.4 is 5.32 Å². The van der Waals surface area contributed by atoms with Crippen molar-refractivity contribution in [2.75, 3.05) is 6.54 Å². The zero-order chi connectivity index (χ0) is 24.4. The molecule has 0 radical (unpaired) electrons. The molecule has 1 heterocycles. The lowest BCUT2D eigenvalue weighted by Crippen LogP contribution is -2.57. The number of nitrogens with one attached hydrogen (secondary N) is 1. The highest BCUT2D eigenvalue weighted by molar-refractivity contribution is 6.36. The van der Waals surface area contributed by atoms with E-state index in [2.05, 4.69) is 5.32 Å². The van der Waals surface area contributed by atoms with Gasteiger partial charge in [-0.1, -0.05) is 78.9 Å².